The Hall–Kier alpha value is -1.32. The molecule has 4 nitrogen and oxygen atoms in total. The van der Waals surface area contributed by atoms with E-state index >= 15 is 0 Å². The largest absolute Gasteiger partial charge is 0.341 e. The van der Waals surface area contributed by atoms with E-state index in [2.05, 4.69) is 32.7 Å². The van der Waals surface area contributed by atoms with Gasteiger partial charge < -0.3 is 10.2 Å². The SMILES string of the molecule is C=C1CCC2(CC(=O)N(CC(C)(C)C)C2)C(=O)N1. The van der Waals surface area contributed by atoms with Crippen molar-refractivity contribution in [3.05, 3.63) is 12.3 Å². The second kappa shape index (κ2) is 4.11. The third-order valence-electron chi connectivity index (χ3n) is 3.68. The monoisotopic (exact) mass is 250 g/mol. The molecular weight excluding hydrogens is 228 g/mol. The summed E-state index contributed by atoms with van der Waals surface area (Å²) in [6, 6.07) is 0. The van der Waals surface area contributed by atoms with Crippen molar-refractivity contribution in [2.24, 2.45) is 10.8 Å². The number of amides is 2. The van der Waals surface area contributed by atoms with Crippen molar-refractivity contribution >= 4 is 11.8 Å². The summed E-state index contributed by atoms with van der Waals surface area (Å²) >= 11 is 0. The van der Waals surface area contributed by atoms with Crippen molar-refractivity contribution in [1.82, 2.24) is 10.2 Å². The molecule has 0 aromatic rings. The lowest BCUT2D eigenvalue weighted by Gasteiger charge is -2.33. The van der Waals surface area contributed by atoms with Crippen LogP contribution in [0.3, 0.4) is 0 Å². The van der Waals surface area contributed by atoms with Gasteiger partial charge in [-0.15, -0.1) is 0 Å². The lowest BCUT2D eigenvalue weighted by Crippen LogP contribution is -2.46. The van der Waals surface area contributed by atoms with Gasteiger partial charge in [0.1, 0.15) is 0 Å². The first-order valence-electron chi connectivity index (χ1n) is 6.49. The first-order chi connectivity index (χ1) is 8.22. The van der Waals surface area contributed by atoms with Crippen LogP contribution in [0.2, 0.25) is 0 Å². The highest BCUT2D eigenvalue weighted by molar-refractivity contribution is 5.93. The lowest BCUT2D eigenvalue weighted by molar-refractivity contribution is -0.133. The molecule has 4 heteroatoms. The van der Waals surface area contributed by atoms with Gasteiger partial charge in [0.25, 0.3) is 0 Å². The van der Waals surface area contributed by atoms with Crippen molar-refractivity contribution in [3.8, 4) is 0 Å². The fourth-order valence-corrected chi connectivity index (χ4v) is 2.81. The number of likely N-dealkylation sites (tertiary alicyclic amines) is 1. The van der Waals surface area contributed by atoms with E-state index in [4.69, 9.17) is 0 Å². The zero-order valence-electron chi connectivity index (χ0n) is 11.5. The fraction of sp³-hybridized carbons (Fsp3) is 0.714. The van der Waals surface area contributed by atoms with Crippen molar-refractivity contribution in [2.45, 2.75) is 40.0 Å². The van der Waals surface area contributed by atoms with Gasteiger partial charge >= 0.3 is 0 Å². The van der Waals surface area contributed by atoms with Crippen LogP contribution in [0.5, 0.6) is 0 Å². The molecular formula is C14H22N2O2. The van der Waals surface area contributed by atoms with E-state index in [1.165, 1.54) is 0 Å². The van der Waals surface area contributed by atoms with Crippen molar-refractivity contribution in [2.75, 3.05) is 13.1 Å². The van der Waals surface area contributed by atoms with E-state index in [0.717, 1.165) is 18.5 Å². The minimum atomic E-state index is -0.510. The number of carbonyl (C=O) groups excluding carboxylic acids is 2. The molecule has 2 heterocycles. The summed E-state index contributed by atoms with van der Waals surface area (Å²) in [5.41, 5.74) is 0.326. The average molecular weight is 250 g/mol. The molecule has 0 saturated carbocycles. The summed E-state index contributed by atoms with van der Waals surface area (Å²) in [7, 11) is 0. The smallest absolute Gasteiger partial charge is 0.232 e. The second-order valence-corrected chi connectivity index (χ2v) is 6.83. The maximum atomic E-state index is 12.1. The first kappa shape index (κ1) is 13.1. The summed E-state index contributed by atoms with van der Waals surface area (Å²) in [5.74, 6) is 0.0797. The highest BCUT2D eigenvalue weighted by Crippen LogP contribution is 2.40. The van der Waals surface area contributed by atoms with Crippen LogP contribution in [0.4, 0.5) is 0 Å². The van der Waals surface area contributed by atoms with Gasteiger partial charge in [-0.05, 0) is 18.3 Å². The molecule has 1 spiro atoms. The van der Waals surface area contributed by atoms with Gasteiger partial charge in [0.05, 0.1) is 5.41 Å². The predicted octanol–water partition coefficient (Wildman–Crippen LogP) is 1.67. The van der Waals surface area contributed by atoms with E-state index in [9.17, 15) is 9.59 Å². The first-order valence-corrected chi connectivity index (χ1v) is 6.49. The molecule has 1 unspecified atom stereocenters. The maximum absolute atomic E-state index is 12.1. The Bertz CT molecular complexity index is 409. The minimum Gasteiger partial charge on any atom is -0.341 e. The van der Waals surface area contributed by atoms with Crippen LogP contribution in [0.1, 0.15) is 40.0 Å². The molecule has 2 fully saturated rings. The summed E-state index contributed by atoms with van der Waals surface area (Å²) in [6.07, 6.45) is 1.87. The van der Waals surface area contributed by atoms with Crippen LogP contribution in [0, 0.1) is 10.8 Å². The Morgan fingerprint density at radius 3 is 2.61 bits per heavy atom. The van der Waals surface area contributed by atoms with E-state index in [-0.39, 0.29) is 17.2 Å². The average Bonchev–Trinajstić information content (AvgIpc) is 2.50. The van der Waals surface area contributed by atoms with Crippen molar-refractivity contribution in [3.63, 3.8) is 0 Å². The Morgan fingerprint density at radius 1 is 1.39 bits per heavy atom. The molecule has 2 rings (SSSR count). The van der Waals surface area contributed by atoms with Crippen molar-refractivity contribution in [1.29, 1.82) is 0 Å². The molecule has 0 bridgehead atoms. The molecule has 0 aromatic carbocycles. The van der Waals surface area contributed by atoms with Crippen LogP contribution < -0.4 is 5.32 Å². The van der Waals surface area contributed by atoms with Gasteiger partial charge in [0.2, 0.25) is 11.8 Å². The highest BCUT2D eigenvalue weighted by atomic mass is 16.2. The standard InChI is InChI=1S/C14H22N2O2/c1-10-5-6-14(12(18)15-10)7-11(17)16(9-14)8-13(2,3)4/h1,5-9H2,2-4H3,(H,15,18). The number of allylic oxidation sites excluding steroid dienone is 1. The number of rotatable bonds is 1. The summed E-state index contributed by atoms with van der Waals surface area (Å²) in [4.78, 5) is 26.1. The van der Waals surface area contributed by atoms with Crippen LogP contribution in [0.25, 0.3) is 0 Å². The Balaban J connectivity index is 2.12. The minimum absolute atomic E-state index is 0.0245. The number of piperidine rings is 1. The summed E-state index contributed by atoms with van der Waals surface area (Å²) in [6.45, 7) is 11.4. The number of hydrogen-bond donors (Lipinski definition) is 1. The molecule has 1 N–H and O–H groups in total. The second-order valence-electron chi connectivity index (χ2n) is 6.83. The molecule has 0 aromatic heterocycles. The van der Waals surface area contributed by atoms with Gasteiger partial charge in [-0.3, -0.25) is 9.59 Å². The number of carbonyl (C=O) groups is 2. The third-order valence-corrected chi connectivity index (χ3v) is 3.68. The van der Waals surface area contributed by atoms with Gasteiger partial charge in [0, 0.05) is 25.2 Å². The number of nitrogens with one attached hydrogen (secondary N) is 1. The van der Waals surface area contributed by atoms with Crippen LogP contribution in [0.15, 0.2) is 12.3 Å². The van der Waals surface area contributed by atoms with Gasteiger partial charge in [0.15, 0.2) is 0 Å². The number of hydrogen-bond acceptors (Lipinski definition) is 2. The summed E-state index contributed by atoms with van der Waals surface area (Å²) in [5, 5.41) is 2.80. The summed E-state index contributed by atoms with van der Waals surface area (Å²) < 4.78 is 0. The Kier molecular flexibility index (Phi) is 2.99. The predicted molar refractivity (Wildman–Crippen MR) is 69.6 cm³/mol. The Morgan fingerprint density at radius 2 is 2.06 bits per heavy atom. The van der Waals surface area contributed by atoms with Gasteiger partial charge in [-0.2, -0.15) is 0 Å². The van der Waals surface area contributed by atoms with Crippen molar-refractivity contribution < 1.29 is 9.59 Å². The molecule has 0 radical (unpaired) electrons. The molecule has 0 aliphatic carbocycles. The van der Waals surface area contributed by atoms with E-state index in [0.29, 0.717) is 19.5 Å². The van der Waals surface area contributed by atoms with Crippen LogP contribution in [-0.4, -0.2) is 29.8 Å². The lowest BCUT2D eigenvalue weighted by atomic mass is 9.78. The van der Waals surface area contributed by atoms with Gasteiger partial charge in [-0.25, -0.2) is 0 Å². The molecule has 2 amide bonds. The topological polar surface area (TPSA) is 49.4 Å². The molecule has 1 atom stereocenters. The van der Waals surface area contributed by atoms with E-state index < -0.39 is 5.41 Å². The maximum Gasteiger partial charge on any atom is 0.232 e. The van der Waals surface area contributed by atoms with Gasteiger partial charge in [-0.1, -0.05) is 27.4 Å². The molecule has 2 aliphatic heterocycles. The van der Waals surface area contributed by atoms with E-state index in [1.54, 1.807) is 0 Å². The van der Waals surface area contributed by atoms with E-state index in [1.807, 2.05) is 4.90 Å². The molecule has 2 saturated heterocycles. The number of nitrogens with zero attached hydrogens (tertiary/aromatic N) is 1. The Labute approximate surface area is 108 Å². The molecule has 18 heavy (non-hydrogen) atoms. The molecule has 2 aliphatic rings. The van der Waals surface area contributed by atoms with Crippen LogP contribution in [-0.2, 0) is 9.59 Å². The zero-order valence-corrected chi connectivity index (χ0v) is 11.5. The normalized spacial score (nSPS) is 29.1. The zero-order chi connectivity index (χ0) is 13.6. The molecule has 100 valence electrons. The third kappa shape index (κ3) is 2.42. The van der Waals surface area contributed by atoms with Crippen LogP contribution >= 0.6 is 0 Å². The quantitative estimate of drug-likeness (QED) is 0.769. The highest BCUT2D eigenvalue weighted by Gasteiger charge is 2.50. The fourth-order valence-electron chi connectivity index (χ4n) is 2.81.